The largest absolute Gasteiger partial charge is 0.368 e. The molecule has 0 radical (unpaired) electrons. The summed E-state index contributed by atoms with van der Waals surface area (Å²) in [5, 5.41) is 5.39. The van der Waals surface area contributed by atoms with Crippen LogP contribution in [0.25, 0.3) is 0 Å². The molecule has 4 heterocycles. The van der Waals surface area contributed by atoms with Gasteiger partial charge in [-0.3, -0.25) is 9.59 Å². The van der Waals surface area contributed by atoms with Crippen LogP contribution >= 0.6 is 0 Å². The molecule has 2 fully saturated rings. The van der Waals surface area contributed by atoms with Crippen molar-refractivity contribution in [2.24, 2.45) is 5.10 Å². The number of morpholine rings is 1. The smallest absolute Gasteiger partial charge is 0.270 e. The monoisotopic (exact) mass is 372 g/mol. The van der Waals surface area contributed by atoms with Crippen LogP contribution in [0.4, 0.5) is 5.95 Å². The van der Waals surface area contributed by atoms with Gasteiger partial charge in [-0.1, -0.05) is 0 Å². The van der Waals surface area contributed by atoms with Gasteiger partial charge in [-0.15, -0.1) is 0 Å². The highest BCUT2D eigenvalue weighted by Crippen LogP contribution is 2.24. The van der Waals surface area contributed by atoms with Crippen molar-refractivity contribution in [3.05, 3.63) is 18.0 Å². The molecule has 0 N–H and O–H groups in total. The van der Waals surface area contributed by atoms with Crippen molar-refractivity contribution >= 4 is 23.5 Å². The molecule has 0 spiro atoms. The number of anilines is 1. The summed E-state index contributed by atoms with van der Waals surface area (Å²) in [6.07, 6.45) is 4.50. The van der Waals surface area contributed by atoms with E-state index in [0.717, 1.165) is 37.6 Å². The zero-order chi connectivity index (χ0) is 18.8. The molecule has 1 aromatic rings. The number of nitrogens with zero attached hydrogens (tertiary/aromatic N) is 6. The number of hydrazone groups is 1. The summed E-state index contributed by atoms with van der Waals surface area (Å²) in [5.41, 5.74) is 1.22. The van der Waals surface area contributed by atoms with Gasteiger partial charge < -0.3 is 14.5 Å². The van der Waals surface area contributed by atoms with Gasteiger partial charge in [0, 0.05) is 45.7 Å². The average molecular weight is 372 g/mol. The molecular formula is C18H24N6O3. The lowest BCUT2D eigenvalue weighted by molar-refractivity contribution is -0.133. The van der Waals surface area contributed by atoms with Crippen LogP contribution in [0.2, 0.25) is 0 Å². The third-order valence-corrected chi connectivity index (χ3v) is 5.19. The second-order valence-corrected chi connectivity index (χ2v) is 7.05. The Morgan fingerprint density at radius 3 is 2.81 bits per heavy atom. The molecule has 1 aromatic heterocycles. The molecule has 3 aliphatic heterocycles. The maximum absolute atomic E-state index is 12.8. The first kappa shape index (κ1) is 17.8. The van der Waals surface area contributed by atoms with Gasteiger partial charge in [-0.2, -0.15) is 5.10 Å². The lowest BCUT2D eigenvalue weighted by atomic mass is 10.1. The quantitative estimate of drug-likeness (QED) is 0.771. The Labute approximate surface area is 158 Å². The number of carbonyl (C=O) groups excluding carboxylic acids is 2. The van der Waals surface area contributed by atoms with E-state index in [-0.39, 0.29) is 17.9 Å². The summed E-state index contributed by atoms with van der Waals surface area (Å²) in [6, 6.07) is 1.85. The third-order valence-electron chi connectivity index (χ3n) is 5.19. The summed E-state index contributed by atoms with van der Waals surface area (Å²) in [6.45, 7) is 3.33. The second kappa shape index (κ2) is 7.59. The molecule has 2 saturated heterocycles. The highest BCUT2D eigenvalue weighted by atomic mass is 16.5. The molecule has 1 atom stereocenters. The molecule has 0 aliphatic carbocycles. The fourth-order valence-corrected chi connectivity index (χ4v) is 3.63. The minimum Gasteiger partial charge on any atom is -0.368 e. The van der Waals surface area contributed by atoms with Crippen molar-refractivity contribution in [3.8, 4) is 0 Å². The predicted molar refractivity (Wildman–Crippen MR) is 98.2 cm³/mol. The third kappa shape index (κ3) is 3.78. The van der Waals surface area contributed by atoms with Gasteiger partial charge in [0.1, 0.15) is 11.8 Å². The first-order valence-electron chi connectivity index (χ1n) is 9.44. The maximum atomic E-state index is 12.8. The van der Waals surface area contributed by atoms with Gasteiger partial charge in [-0.05, 0) is 18.9 Å². The number of carbonyl (C=O) groups is 2. The molecule has 3 aliphatic rings. The number of amides is 2. The minimum atomic E-state index is -0.282. The standard InChI is InChI=1S/C18H24N6O3/c1-22-16(25)5-4-14(21-22)17(26)24-10-11-27-15(12-24)13-6-7-19-18(20-13)23-8-2-3-9-23/h6-7,15H,2-5,8-12H2,1H3/t15-/m1/s1. The van der Waals surface area contributed by atoms with E-state index in [2.05, 4.69) is 20.0 Å². The molecule has 0 bridgehead atoms. The number of hydrogen-bond acceptors (Lipinski definition) is 7. The van der Waals surface area contributed by atoms with Crippen molar-refractivity contribution in [1.82, 2.24) is 19.9 Å². The molecule has 9 heteroatoms. The molecule has 9 nitrogen and oxygen atoms in total. The van der Waals surface area contributed by atoms with Crippen LogP contribution in [0.15, 0.2) is 17.4 Å². The maximum Gasteiger partial charge on any atom is 0.270 e. The van der Waals surface area contributed by atoms with Crippen molar-refractivity contribution in [1.29, 1.82) is 0 Å². The van der Waals surface area contributed by atoms with Crippen LogP contribution in [0.5, 0.6) is 0 Å². The van der Waals surface area contributed by atoms with Gasteiger partial charge in [-0.25, -0.2) is 15.0 Å². The number of rotatable bonds is 3. The van der Waals surface area contributed by atoms with Gasteiger partial charge in [0.15, 0.2) is 0 Å². The van der Waals surface area contributed by atoms with Crippen LogP contribution < -0.4 is 4.90 Å². The van der Waals surface area contributed by atoms with E-state index in [1.807, 2.05) is 6.07 Å². The molecule has 0 saturated carbocycles. The lowest BCUT2D eigenvalue weighted by Gasteiger charge is -2.33. The van der Waals surface area contributed by atoms with E-state index >= 15 is 0 Å². The lowest BCUT2D eigenvalue weighted by Crippen LogP contribution is -2.47. The van der Waals surface area contributed by atoms with Crippen LogP contribution in [0.1, 0.15) is 37.5 Å². The summed E-state index contributed by atoms with van der Waals surface area (Å²) < 4.78 is 5.88. The van der Waals surface area contributed by atoms with Crippen LogP contribution in [0, 0.1) is 0 Å². The topological polar surface area (TPSA) is 91.2 Å². The Hall–Kier alpha value is -2.55. The minimum absolute atomic E-state index is 0.0677. The van der Waals surface area contributed by atoms with E-state index in [1.165, 1.54) is 5.01 Å². The Balaban J connectivity index is 1.47. The summed E-state index contributed by atoms with van der Waals surface area (Å²) in [5.74, 6) is 0.534. The molecule has 4 rings (SSSR count). The van der Waals surface area contributed by atoms with Crippen LogP contribution in [-0.2, 0) is 14.3 Å². The van der Waals surface area contributed by atoms with E-state index in [0.29, 0.717) is 38.2 Å². The fraction of sp³-hybridized carbons (Fsp3) is 0.611. The van der Waals surface area contributed by atoms with E-state index in [1.54, 1.807) is 18.1 Å². The Morgan fingerprint density at radius 1 is 1.22 bits per heavy atom. The van der Waals surface area contributed by atoms with Crippen molar-refractivity contribution in [2.45, 2.75) is 31.8 Å². The summed E-state index contributed by atoms with van der Waals surface area (Å²) in [7, 11) is 1.58. The van der Waals surface area contributed by atoms with Crippen molar-refractivity contribution in [3.63, 3.8) is 0 Å². The Morgan fingerprint density at radius 2 is 2.04 bits per heavy atom. The van der Waals surface area contributed by atoms with Gasteiger partial charge in [0.25, 0.3) is 5.91 Å². The normalized spacial score (nSPS) is 23.6. The summed E-state index contributed by atoms with van der Waals surface area (Å²) in [4.78, 5) is 37.4. The molecule has 0 unspecified atom stereocenters. The zero-order valence-corrected chi connectivity index (χ0v) is 15.5. The van der Waals surface area contributed by atoms with Crippen molar-refractivity contribution < 1.29 is 14.3 Å². The zero-order valence-electron chi connectivity index (χ0n) is 15.5. The highest BCUT2D eigenvalue weighted by molar-refractivity contribution is 6.39. The van der Waals surface area contributed by atoms with Crippen molar-refractivity contribution in [2.75, 3.05) is 44.7 Å². The highest BCUT2D eigenvalue weighted by Gasteiger charge is 2.31. The van der Waals surface area contributed by atoms with Gasteiger partial charge in [0.2, 0.25) is 11.9 Å². The average Bonchev–Trinajstić information content (AvgIpc) is 3.25. The van der Waals surface area contributed by atoms with Crippen LogP contribution in [-0.4, -0.2) is 77.2 Å². The number of aromatic nitrogens is 2. The first-order valence-corrected chi connectivity index (χ1v) is 9.44. The van der Waals surface area contributed by atoms with E-state index < -0.39 is 0 Å². The SMILES string of the molecule is CN1N=C(C(=O)N2CCO[C@@H](c3ccnc(N4CCCC4)n3)C2)CCC1=O. The Kier molecular flexibility index (Phi) is 5.02. The first-order chi connectivity index (χ1) is 13.1. The molecular weight excluding hydrogens is 348 g/mol. The number of ether oxygens (including phenoxy) is 1. The summed E-state index contributed by atoms with van der Waals surface area (Å²) >= 11 is 0. The molecule has 0 aromatic carbocycles. The molecule has 144 valence electrons. The van der Waals surface area contributed by atoms with Gasteiger partial charge >= 0.3 is 0 Å². The van der Waals surface area contributed by atoms with Gasteiger partial charge in [0.05, 0.1) is 18.8 Å². The molecule has 27 heavy (non-hydrogen) atoms. The number of hydrogen-bond donors (Lipinski definition) is 0. The van der Waals surface area contributed by atoms with Crippen LogP contribution in [0.3, 0.4) is 0 Å². The van der Waals surface area contributed by atoms with E-state index in [9.17, 15) is 9.59 Å². The fourth-order valence-electron chi connectivity index (χ4n) is 3.63. The second-order valence-electron chi connectivity index (χ2n) is 7.05. The Bertz CT molecular complexity index is 761. The van der Waals surface area contributed by atoms with E-state index in [4.69, 9.17) is 4.74 Å². The predicted octanol–water partition coefficient (Wildman–Crippen LogP) is 0.585. The molecule has 2 amide bonds.